The second kappa shape index (κ2) is 8.11. The summed E-state index contributed by atoms with van der Waals surface area (Å²) in [6.07, 6.45) is 0. The number of nitrogens with zero attached hydrogens (tertiary/aromatic N) is 2. The molecule has 0 aliphatic carbocycles. The first-order chi connectivity index (χ1) is 11.9. The number of amides is 1. The van der Waals surface area contributed by atoms with Gasteiger partial charge in [0.05, 0.1) is 17.3 Å². The fourth-order valence-electron chi connectivity index (χ4n) is 1.97. The average molecular weight is 345 g/mol. The van der Waals surface area contributed by atoms with Crippen molar-refractivity contribution in [2.45, 2.75) is 6.54 Å². The van der Waals surface area contributed by atoms with Crippen LogP contribution in [0.4, 0.5) is 14.5 Å². The third kappa shape index (κ3) is 4.91. The minimum absolute atomic E-state index is 0.0254. The Kier molecular flexibility index (Phi) is 5.90. The lowest BCUT2D eigenvalue weighted by molar-refractivity contribution is -0.130. The molecule has 1 N–H and O–H groups in total. The summed E-state index contributed by atoms with van der Waals surface area (Å²) in [5, 5.41) is 11.6. The van der Waals surface area contributed by atoms with Crippen LogP contribution in [-0.4, -0.2) is 31.5 Å². The zero-order valence-electron chi connectivity index (χ0n) is 13.8. The van der Waals surface area contributed by atoms with Gasteiger partial charge in [-0.25, -0.2) is 8.78 Å². The number of rotatable bonds is 6. The fraction of sp³-hybridized carbons (Fsp3) is 0.222. The van der Waals surface area contributed by atoms with Crippen molar-refractivity contribution in [2.24, 2.45) is 0 Å². The minimum atomic E-state index is -0.591. The lowest BCUT2D eigenvalue weighted by Crippen LogP contribution is -2.27. The third-order valence-corrected chi connectivity index (χ3v) is 3.45. The summed E-state index contributed by atoms with van der Waals surface area (Å²) in [4.78, 5) is 12.8. The van der Waals surface area contributed by atoms with Crippen LogP contribution in [0, 0.1) is 23.0 Å². The quantitative estimate of drug-likeness (QED) is 0.874. The average Bonchev–Trinajstić information content (AvgIpc) is 2.59. The number of halogens is 2. The van der Waals surface area contributed by atoms with Crippen LogP contribution in [-0.2, 0) is 11.3 Å². The van der Waals surface area contributed by atoms with E-state index in [1.54, 1.807) is 14.1 Å². The van der Waals surface area contributed by atoms with Crippen molar-refractivity contribution in [2.75, 3.05) is 26.0 Å². The van der Waals surface area contributed by atoms with Gasteiger partial charge in [0.2, 0.25) is 0 Å². The Labute approximate surface area is 144 Å². The summed E-state index contributed by atoms with van der Waals surface area (Å²) in [6, 6.07) is 10.0. The molecule has 5 nitrogen and oxygen atoms in total. The molecular formula is C18H17F2N3O2. The molecule has 0 spiro atoms. The van der Waals surface area contributed by atoms with Gasteiger partial charge in [-0.15, -0.1) is 0 Å². The summed E-state index contributed by atoms with van der Waals surface area (Å²) in [5.41, 5.74) is 0.747. The van der Waals surface area contributed by atoms with Gasteiger partial charge in [-0.2, -0.15) is 5.26 Å². The van der Waals surface area contributed by atoms with E-state index in [0.717, 1.165) is 6.07 Å². The lowest BCUT2D eigenvalue weighted by Gasteiger charge is -2.13. The second-order valence-electron chi connectivity index (χ2n) is 5.49. The molecule has 25 heavy (non-hydrogen) atoms. The van der Waals surface area contributed by atoms with Gasteiger partial charge in [-0.1, -0.05) is 0 Å². The van der Waals surface area contributed by atoms with Gasteiger partial charge in [-0.3, -0.25) is 4.79 Å². The number of nitriles is 1. The Bertz CT molecular complexity index is 816. The second-order valence-corrected chi connectivity index (χ2v) is 5.49. The minimum Gasteiger partial charge on any atom is -0.484 e. The Morgan fingerprint density at radius 1 is 1.20 bits per heavy atom. The molecule has 1 amide bonds. The monoisotopic (exact) mass is 345 g/mol. The molecule has 7 heteroatoms. The standard InChI is InChI=1S/C18H17F2N3O2/c1-23(2)18(24)11-25-14-4-6-17(16(20)8-14)22-10-13-7-12(9-21)3-5-15(13)19/h3-8,22H,10-11H2,1-2H3. The number of anilines is 1. The van der Waals surface area contributed by atoms with Crippen LogP contribution in [0.3, 0.4) is 0 Å². The maximum absolute atomic E-state index is 14.1. The van der Waals surface area contributed by atoms with Gasteiger partial charge in [0.15, 0.2) is 6.61 Å². The first kappa shape index (κ1) is 18.2. The van der Waals surface area contributed by atoms with Crippen molar-refractivity contribution in [1.82, 2.24) is 4.90 Å². The molecule has 0 saturated carbocycles. The summed E-state index contributed by atoms with van der Waals surface area (Å²) >= 11 is 0. The van der Waals surface area contributed by atoms with Crippen molar-refractivity contribution in [1.29, 1.82) is 5.26 Å². The highest BCUT2D eigenvalue weighted by Crippen LogP contribution is 2.22. The number of likely N-dealkylation sites (N-methyl/N-ethyl adjacent to an activating group) is 1. The highest BCUT2D eigenvalue weighted by molar-refractivity contribution is 5.77. The van der Waals surface area contributed by atoms with Gasteiger partial charge < -0.3 is 15.0 Å². The van der Waals surface area contributed by atoms with E-state index < -0.39 is 11.6 Å². The highest BCUT2D eigenvalue weighted by Gasteiger charge is 2.09. The van der Waals surface area contributed by atoms with E-state index in [4.69, 9.17) is 10.00 Å². The predicted molar refractivity (Wildman–Crippen MR) is 89.0 cm³/mol. The molecule has 130 valence electrons. The van der Waals surface area contributed by atoms with Crippen molar-refractivity contribution in [3.63, 3.8) is 0 Å². The zero-order valence-corrected chi connectivity index (χ0v) is 13.8. The normalized spacial score (nSPS) is 10.0. The summed E-state index contributed by atoms with van der Waals surface area (Å²) < 4.78 is 33.0. The zero-order chi connectivity index (χ0) is 18.4. The van der Waals surface area contributed by atoms with E-state index in [-0.39, 0.29) is 36.1 Å². The maximum atomic E-state index is 14.1. The van der Waals surface area contributed by atoms with Crippen LogP contribution < -0.4 is 10.1 Å². The SMILES string of the molecule is CN(C)C(=O)COc1ccc(NCc2cc(C#N)ccc2F)c(F)c1. The first-order valence-electron chi connectivity index (χ1n) is 7.45. The molecule has 0 atom stereocenters. The maximum Gasteiger partial charge on any atom is 0.259 e. The number of ether oxygens (including phenoxy) is 1. The van der Waals surface area contributed by atoms with E-state index in [1.165, 1.54) is 35.2 Å². The van der Waals surface area contributed by atoms with E-state index in [9.17, 15) is 13.6 Å². The largest absolute Gasteiger partial charge is 0.484 e. The van der Waals surface area contributed by atoms with Crippen molar-refractivity contribution in [3.05, 3.63) is 59.2 Å². The Balaban J connectivity index is 2.02. The summed E-state index contributed by atoms with van der Waals surface area (Å²) in [5.74, 6) is -1.09. The van der Waals surface area contributed by atoms with Gasteiger partial charge in [0, 0.05) is 32.3 Å². The van der Waals surface area contributed by atoms with Crippen LogP contribution in [0.2, 0.25) is 0 Å². The molecule has 2 aromatic rings. The molecule has 2 aromatic carbocycles. The third-order valence-electron chi connectivity index (χ3n) is 3.45. The number of hydrogen-bond acceptors (Lipinski definition) is 4. The molecule has 0 heterocycles. The van der Waals surface area contributed by atoms with Crippen LogP contribution in [0.5, 0.6) is 5.75 Å². The molecule has 0 bridgehead atoms. The molecule has 0 aliphatic rings. The molecule has 0 aromatic heterocycles. The van der Waals surface area contributed by atoms with Gasteiger partial charge >= 0.3 is 0 Å². The van der Waals surface area contributed by atoms with Crippen molar-refractivity contribution >= 4 is 11.6 Å². The number of benzene rings is 2. The summed E-state index contributed by atoms with van der Waals surface area (Å²) in [6.45, 7) is -0.164. The first-order valence-corrected chi connectivity index (χ1v) is 7.45. The van der Waals surface area contributed by atoms with Gasteiger partial charge in [0.1, 0.15) is 17.4 Å². The Hall–Kier alpha value is -3.14. The molecule has 0 radical (unpaired) electrons. The predicted octanol–water partition coefficient (Wildman–Crippen LogP) is 2.92. The number of nitrogens with one attached hydrogen (secondary N) is 1. The molecular weight excluding hydrogens is 328 g/mol. The Morgan fingerprint density at radius 2 is 1.96 bits per heavy atom. The molecule has 0 fully saturated rings. The van der Waals surface area contributed by atoms with Crippen LogP contribution in [0.15, 0.2) is 36.4 Å². The molecule has 0 saturated heterocycles. The van der Waals surface area contributed by atoms with Crippen molar-refractivity contribution in [3.8, 4) is 11.8 Å². The number of carbonyl (C=O) groups is 1. The Morgan fingerprint density at radius 3 is 2.60 bits per heavy atom. The van der Waals surface area contributed by atoms with Gasteiger partial charge in [0.25, 0.3) is 5.91 Å². The van der Waals surface area contributed by atoms with E-state index in [2.05, 4.69) is 5.32 Å². The smallest absolute Gasteiger partial charge is 0.259 e. The van der Waals surface area contributed by atoms with E-state index in [0.29, 0.717) is 5.56 Å². The van der Waals surface area contributed by atoms with Crippen molar-refractivity contribution < 1.29 is 18.3 Å². The topological polar surface area (TPSA) is 65.4 Å². The van der Waals surface area contributed by atoms with Crippen LogP contribution in [0.1, 0.15) is 11.1 Å². The molecule has 0 aliphatic heterocycles. The summed E-state index contributed by atoms with van der Waals surface area (Å²) in [7, 11) is 3.19. The van der Waals surface area contributed by atoms with E-state index in [1.807, 2.05) is 6.07 Å². The van der Waals surface area contributed by atoms with Gasteiger partial charge in [-0.05, 0) is 30.3 Å². The van der Waals surface area contributed by atoms with Crippen LogP contribution >= 0.6 is 0 Å². The fourth-order valence-corrected chi connectivity index (χ4v) is 1.97. The van der Waals surface area contributed by atoms with Crippen LogP contribution in [0.25, 0.3) is 0 Å². The molecule has 2 rings (SSSR count). The molecule has 0 unspecified atom stereocenters. The van der Waals surface area contributed by atoms with E-state index >= 15 is 0 Å². The highest BCUT2D eigenvalue weighted by atomic mass is 19.1. The number of hydrogen-bond donors (Lipinski definition) is 1. The number of carbonyl (C=O) groups excluding carboxylic acids is 1. The lowest BCUT2D eigenvalue weighted by atomic mass is 10.1.